The smallest absolute Gasteiger partial charge is 0.414 e. The fraction of sp³-hybridized carbons (Fsp3) is 0.471. The highest BCUT2D eigenvalue weighted by Gasteiger charge is 2.20. The van der Waals surface area contributed by atoms with Gasteiger partial charge in [0.1, 0.15) is 11.2 Å². The van der Waals surface area contributed by atoms with Gasteiger partial charge < -0.3 is 38.7 Å². The summed E-state index contributed by atoms with van der Waals surface area (Å²) in [5.74, 6) is -3.65. The van der Waals surface area contributed by atoms with Crippen LogP contribution in [0.2, 0.25) is 0 Å². The molecule has 0 radical (unpaired) electrons. The van der Waals surface area contributed by atoms with Crippen LogP contribution in [0.4, 0.5) is 0 Å². The van der Waals surface area contributed by atoms with Crippen LogP contribution in [0.1, 0.15) is 24.0 Å². The lowest BCUT2D eigenvalue weighted by Gasteiger charge is -2.14. The van der Waals surface area contributed by atoms with E-state index in [0.717, 1.165) is 113 Å². The number of likely N-dealkylation sites (tertiary alicyclic amines) is 2. The van der Waals surface area contributed by atoms with Gasteiger partial charge >= 0.3 is 11.9 Å². The van der Waals surface area contributed by atoms with E-state index in [1.807, 2.05) is 24.3 Å². The summed E-state index contributed by atoms with van der Waals surface area (Å²) in [7, 11) is 0. The van der Waals surface area contributed by atoms with Crippen LogP contribution in [0.3, 0.4) is 0 Å². The first-order valence-electron chi connectivity index (χ1n) is 15.6. The number of benzene rings is 2. The Morgan fingerprint density at radius 1 is 0.674 bits per heavy atom. The lowest BCUT2D eigenvalue weighted by Crippen LogP contribution is -2.26. The number of carboxylic acid groups (broad SMARTS) is 2. The predicted molar refractivity (Wildman–Crippen MR) is 171 cm³/mol. The minimum Gasteiger partial charge on any atom is -0.473 e. The van der Waals surface area contributed by atoms with Crippen LogP contribution in [-0.4, -0.2) is 120 Å². The molecule has 2 aliphatic rings. The van der Waals surface area contributed by atoms with Crippen LogP contribution in [-0.2, 0) is 31.9 Å². The van der Waals surface area contributed by atoms with Gasteiger partial charge in [-0.15, -0.1) is 0 Å². The highest BCUT2D eigenvalue weighted by molar-refractivity contribution is 6.27. The molecule has 0 bridgehead atoms. The highest BCUT2D eigenvalue weighted by atomic mass is 16.5. The zero-order valence-electron chi connectivity index (χ0n) is 26.0. The zero-order valence-corrected chi connectivity index (χ0v) is 26.0. The molecule has 4 N–H and O–H groups in total. The average molecular weight is 641 g/mol. The molecular formula is C34H44N2O10. The van der Waals surface area contributed by atoms with Gasteiger partial charge in [-0.1, -0.05) is 12.1 Å². The molecule has 2 aromatic carbocycles. The third kappa shape index (κ3) is 11.9. The van der Waals surface area contributed by atoms with Gasteiger partial charge in [-0.3, -0.25) is 9.80 Å². The van der Waals surface area contributed by atoms with E-state index in [1.54, 1.807) is 12.5 Å². The van der Waals surface area contributed by atoms with Crippen LogP contribution in [0.25, 0.3) is 21.9 Å². The Morgan fingerprint density at radius 3 is 1.48 bits per heavy atom. The van der Waals surface area contributed by atoms with E-state index >= 15 is 0 Å². The number of fused-ring (bicyclic) bond motifs is 2. The molecule has 6 rings (SSSR count). The summed E-state index contributed by atoms with van der Waals surface area (Å²) in [5, 5.41) is 35.9. The number of β-amino-alcohol motifs (C(OH)–C–C–N with tert-alkyl or cyclic N) is 2. The Morgan fingerprint density at radius 2 is 1.11 bits per heavy atom. The quantitative estimate of drug-likeness (QED) is 0.132. The topological polar surface area (TPSA) is 166 Å². The van der Waals surface area contributed by atoms with Gasteiger partial charge in [-0.05, 0) is 73.2 Å². The molecule has 2 atom stereocenters. The molecule has 2 aromatic heterocycles. The summed E-state index contributed by atoms with van der Waals surface area (Å²) in [6.45, 7) is 8.33. The second-order valence-corrected chi connectivity index (χ2v) is 11.4. The van der Waals surface area contributed by atoms with Crippen LogP contribution in [0.15, 0.2) is 69.9 Å². The SMILES string of the molecule is O=C(O)C(=O)O.OC1CCN(CCOCCc2ccc3occc3c2)C1.OC1CCN(CCOCCc2ccc3occc3c2)C1. The van der Waals surface area contributed by atoms with E-state index in [9.17, 15) is 10.2 Å². The summed E-state index contributed by atoms with van der Waals surface area (Å²) in [4.78, 5) is 22.7. The van der Waals surface area contributed by atoms with Gasteiger partial charge in [0.25, 0.3) is 0 Å². The maximum Gasteiger partial charge on any atom is 0.414 e. The fourth-order valence-corrected chi connectivity index (χ4v) is 5.35. The Bertz CT molecular complexity index is 1390. The number of aliphatic hydroxyl groups is 2. The van der Waals surface area contributed by atoms with Crippen molar-refractivity contribution in [2.75, 3.05) is 65.7 Å². The summed E-state index contributed by atoms with van der Waals surface area (Å²) in [6.07, 6.45) is 6.78. The summed E-state index contributed by atoms with van der Waals surface area (Å²) in [5.41, 5.74) is 4.41. The first-order chi connectivity index (χ1) is 22.3. The van der Waals surface area contributed by atoms with Crippen molar-refractivity contribution in [1.29, 1.82) is 0 Å². The van der Waals surface area contributed by atoms with Crippen LogP contribution < -0.4 is 0 Å². The number of nitrogens with zero attached hydrogens (tertiary/aromatic N) is 2. The number of hydrogen-bond donors (Lipinski definition) is 4. The molecule has 250 valence electrons. The van der Waals surface area contributed by atoms with Gasteiger partial charge in [-0.2, -0.15) is 0 Å². The number of furan rings is 2. The highest BCUT2D eigenvalue weighted by Crippen LogP contribution is 2.18. The van der Waals surface area contributed by atoms with Crippen LogP contribution >= 0.6 is 0 Å². The molecule has 4 aromatic rings. The van der Waals surface area contributed by atoms with E-state index in [2.05, 4.69) is 34.1 Å². The maximum atomic E-state index is 9.43. The van der Waals surface area contributed by atoms with Gasteiger partial charge in [0.2, 0.25) is 0 Å². The molecule has 0 spiro atoms. The molecule has 2 saturated heterocycles. The molecule has 12 heteroatoms. The Balaban J connectivity index is 0.000000178. The van der Waals surface area contributed by atoms with Crippen molar-refractivity contribution in [3.05, 3.63) is 72.2 Å². The van der Waals surface area contributed by atoms with Gasteiger partial charge in [0.15, 0.2) is 0 Å². The van der Waals surface area contributed by atoms with Gasteiger partial charge in [0.05, 0.1) is 51.2 Å². The van der Waals surface area contributed by atoms with Crippen molar-refractivity contribution in [3.8, 4) is 0 Å². The minimum absolute atomic E-state index is 0.142. The Kier molecular flexibility index (Phi) is 14.0. The lowest BCUT2D eigenvalue weighted by atomic mass is 10.1. The van der Waals surface area contributed by atoms with Gasteiger partial charge in [0, 0.05) is 50.0 Å². The Hall–Kier alpha value is -3.78. The van der Waals surface area contributed by atoms with Crippen LogP contribution in [0.5, 0.6) is 0 Å². The number of carbonyl (C=O) groups is 2. The predicted octanol–water partition coefficient (Wildman–Crippen LogP) is 3.27. The molecular weight excluding hydrogens is 596 g/mol. The largest absolute Gasteiger partial charge is 0.473 e. The van der Waals surface area contributed by atoms with Crippen molar-refractivity contribution < 1.29 is 48.3 Å². The first-order valence-corrected chi connectivity index (χ1v) is 15.6. The maximum absolute atomic E-state index is 9.43. The van der Waals surface area contributed by atoms with Crippen molar-refractivity contribution in [1.82, 2.24) is 9.80 Å². The molecule has 2 aliphatic heterocycles. The molecule has 2 unspecified atom stereocenters. The van der Waals surface area contributed by atoms with E-state index in [0.29, 0.717) is 0 Å². The third-order valence-corrected chi connectivity index (χ3v) is 7.89. The van der Waals surface area contributed by atoms with E-state index < -0.39 is 11.9 Å². The number of carboxylic acids is 2. The number of ether oxygens (including phenoxy) is 2. The fourth-order valence-electron chi connectivity index (χ4n) is 5.35. The van der Waals surface area contributed by atoms with Crippen LogP contribution in [0, 0.1) is 0 Å². The first kappa shape index (κ1) is 35.1. The van der Waals surface area contributed by atoms with E-state index in [1.165, 1.54) is 11.1 Å². The molecule has 0 amide bonds. The second kappa shape index (κ2) is 18.4. The summed E-state index contributed by atoms with van der Waals surface area (Å²) >= 11 is 0. The van der Waals surface area contributed by atoms with Crippen molar-refractivity contribution in [2.45, 2.75) is 37.9 Å². The number of aliphatic hydroxyl groups excluding tert-OH is 2. The molecule has 46 heavy (non-hydrogen) atoms. The van der Waals surface area contributed by atoms with Crippen molar-refractivity contribution >= 4 is 33.9 Å². The van der Waals surface area contributed by atoms with E-state index in [4.69, 9.17) is 38.1 Å². The molecule has 0 aliphatic carbocycles. The summed E-state index contributed by atoms with van der Waals surface area (Å²) in [6, 6.07) is 16.5. The number of aliphatic carboxylic acids is 2. The Labute approximate surface area is 267 Å². The molecule has 0 saturated carbocycles. The summed E-state index contributed by atoms with van der Waals surface area (Å²) < 4.78 is 22.0. The molecule has 2 fully saturated rings. The molecule has 4 heterocycles. The monoisotopic (exact) mass is 640 g/mol. The second-order valence-electron chi connectivity index (χ2n) is 11.4. The number of hydrogen-bond acceptors (Lipinski definition) is 10. The van der Waals surface area contributed by atoms with Crippen molar-refractivity contribution in [2.24, 2.45) is 0 Å². The minimum atomic E-state index is -1.82. The van der Waals surface area contributed by atoms with Gasteiger partial charge in [-0.25, -0.2) is 9.59 Å². The standard InChI is InChI=1S/2C16H21NO3.C2H2O4/c2*18-15-3-6-17(12-15)7-10-19-8-4-13-1-2-16-14(11-13)5-9-20-16;3-1(4)2(5)6/h2*1-2,5,9,11,15,18H,3-4,6-8,10,12H2;(H,3,4)(H,5,6). The van der Waals surface area contributed by atoms with Crippen molar-refractivity contribution in [3.63, 3.8) is 0 Å². The molecule has 12 nitrogen and oxygen atoms in total. The third-order valence-electron chi connectivity index (χ3n) is 7.89. The lowest BCUT2D eigenvalue weighted by molar-refractivity contribution is -0.159. The zero-order chi connectivity index (χ0) is 32.7. The average Bonchev–Trinajstić information content (AvgIpc) is 3.85. The number of rotatable bonds is 12. The van der Waals surface area contributed by atoms with E-state index in [-0.39, 0.29) is 12.2 Å². The normalized spacial score (nSPS) is 18.3.